The van der Waals surface area contributed by atoms with Crippen LogP contribution in [0.4, 0.5) is 0 Å². The SMILES string of the molecule is COCOc1c(CO)cc(OC)cc1CO. The van der Waals surface area contributed by atoms with Gasteiger partial charge in [-0.2, -0.15) is 0 Å². The van der Waals surface area contributed by atoms with Crippen LogP contribution in [-0.2, 0) is 18.0 Å². The van der Waals surface area contributed by atoms with Crippen molar-refractivity contribution >= 4 is 0 Å². The molecule has 0 heterocycles. The molecule has 0 saturated heterocycles. The lowest BCUT2D eigenvalue weighted by Crippen LogP contribution is -2.05. The quantitative estimate of drug-likeness (QED) is 0.700. The van der Waals surface area contributed by atoms with Crippen LogP contribution in [0.15, 0.2) is 12.1 Å². The van der Waals surface area contributed by atoms with Gasteiger partial charge in [0, 0.05) is 18.2 Å². The molecule has 1 rings (SSSR count). The van der Waals surface area contributed by atoms with Crippen LogP contribution in [-0.4, -0.2) is 31.2 Å². The molecule has 5 heteroatoms. The molecule has 5 nitrogen and oxygen atoms in total. The van der Waals surface area contributed by atoms with Crippen molar-refractivity contribution in [2.24, 2.45) is 0 Å². The molecule has 0 amide bonds. The van der Waals surface area contributed by atoms with Crippen LogP contribution >= 0.6 is 0 Å². The van der Waals surface area contributed by atoms with E-state index in [2.05, 4.69) is 0 Å². The Bertz CT molecular complexity index is 312. The van der Waals surface area contributed by atoms with Gasteiger partial charge in [-0.25, -0.2) is 0 Å². The van der Waals surface area contributed by atoms with Crippen LogP contribution in [0.1, 0.15) is 11.1 Å². The average Bonchev–Trinajstić information content (AvgIpc) is 2.35. The molecule has 0 atom stereocenters. The van der Waals surface area contributed by atoms with Crippen LogP contribution in [0.3, 0.4) is 0 Å². The summed E-state index contributed by atoms with van der Waals surface area (Å²) in [5.74, 6) is 1.01. The Morgan fingerprint density at radius 3 is 2.00 bits per heavy atom. The van der Waals surface area contributed by atoms with Crippen molar-refractivity contribution in [3.63, 3.8) is 0 Å². The van der Waals surface area contributed by atoms with Gasteiger partial charge in [0.2, 0.25) is 0 Å². The average molecular weight is 228 g/mol. The molecular weight excluding hydrogens is 212 g/mol. The molecule has 2 N–H and O–H groups in total. The number of methoxy groups -OCH3 is 2. The monoisotopic (exact) mass is 228 g/mol. The summed E-state index contributed by atoms with van der Waals surface area (Å²) in [6, 6.07) is 3.31. The smallest absolute Gasteiger partial charge is 0.188 e. The van der Waals surface area contributed by atoms with Crippen molar-refractivity contribution in [3.05, 3.63) is 23.3 Å². The number of aliphatic hydroxyl groups is 2. The Labute approximate surface area is 94.2 Å². The van der Waals surface area contributed by atoms with E-state index in [0.717, 1.165) is 0 Å². The fraction of sp³-hybridized carbons (Fsp3) is 0.455. The minimum absolute atomic E-state index is 0.0618. The molecule has 0 bridgehead atoms. The van der Waals surface area contributed by atoms with Gasteiger partial charge in [0.25, 0.3) is 0 Å². The zero-order chi connectivity index (χ0) is 12.0. The first kappa shape index (κ1) is 12.8. The summed E-state index contributed by atoms with van der Waals surface area (Å²) in [4.78, 5) is 0. The molecule has 16 heavy (non-hydrogen) atoms. The summed E-state index contributed by atoms with van der Waals surface area (Å²) >= 11 is 0. The van der Waals surface area contributed by atoms with E-state index in [0.29, 0.717) is 22.6 Å². The molecule has 0 aliphatic heterocycles. The predicted molar refractivity (Wildman–Crippen MR) is 57.3 cm³/mol. The van der Waals surface area contributed by atoms with Crippen molar-refractivity contribution in [1.82, 2.24) is 0 Å². The highest BCUT2D eigenvalue weighted by Gasteiger charge is 2.11. The van der Waals surface area contributed by atoms with Crippen LogP contribution in [0.25, 0.3) is 0 Å². The molecular formula is C11H16O5. The molecule has 0 aliphatic rings. The van der Waals surface area contributed by atoms with E-state index in [4.69, 9.17) is 14.2 Å². The van der Waals surface area contributed by atoms with Crippen molar-refractivity contribution in [1.29, 1.82) is 0 Å². The Morgan fingerprint density at radius 2 is 1.62 bits per heavy atom. The van der Waals surface area contributed by atoms with Crippen LogP contribution in [0.5, 0.6) is 11.5 Å². The van der Waals surface area contributed by atoms with Crippen molar-refractivity contribution in [2.45, 2.75) is 13.2 Å². The number of aliphatic hydroxyl groups excluding tert-OH is 2. The summed E-state index contributed by atoms with van der Waals surface area (Å²) in [6.45, 7) is -0.321. The van der Waals surface area contributed by atoms with E-state index in [1.54, 1.807) is 12.1 Å². The lowest BCUT2D eigenvalue weighted by Gasteiger charge is -2.14. The third kappa shape index (κ3) is 2.85. The highest BCUT2D eigenvalue weighted by atomic mass is 16.7. The highest BCUT2D eigenvalue weighted by molar-refractivity contribution is 5.46. The second-order valence-electron chi connectivity index (χ2n) is 3.14. The zero-order valence-electron chi connectivity index (χ0n) is 9.40. The molecule has 0 unspecified atom stereocenters. The van der Waals surface area contributed by atoms with Crippen LogP contribution in [0.2, 0.25) is 0 Å². The molecule has 1 aromatic carbocycles. The number of hydrogen-bond donors (Lipinski definition) is 2. The molecule has 0 aliphatic carbocycles. The van der Waals surface area contributed by atoms with E-state index < -0.39 is 0 Å². The van der Waals surface area contributed by atoms with Crippen molar-refractivity contribution < 1.29 is 24.4 Å². The Hall–Kier alpha value is -1.30. The van der Waals surface area contributed by atoms with Gasteiger partial charge in [-0.1, -0.05) is 0 Å². The van der Waals surface area contributed by atoms with Crippen LogP contribution in [0, 0.1) is 0 Å². The van der Waals surface area contributed by atoms with E-state index in [9.17, 15) is 10.2 Å². The maximum Gasteiger partial charge on any atom is 0.188 e. The largest absolute Gasteiger partial charge is 0.497 e. The van der Waals surface area contributed by atoms with Gasteiger partial charge in [-0.15, -0.1) is 0 Å². The van der Waals surface area contributed by atoms with Gasteiger partial charge in [0.15, 0.2) is 6.79 Å². The predicted octanol–water partition coefficient (Wildman–Crippen LogP) is 0.663. The van der Waals surface area contributed by atoms with Gasteiger partial charge >= 0.3 is 0 Å². The first-order chi connectivity index (χ1) is 7.76. The number of ether oxygens (including phenoxy) is 3. The third-order valence-corrected chi connectivity index (χ3v) is 2.11. The van der Waals surface area contributed by atoms with E-state index in [-0.39, 0.29) is 20.0 Å². The fourth-order valence-corrected chi connectivity index (χ4v) is 1.38. The fourth-order valence-electron chi connectivity index (χ4n) is 1.38. The molecule has 0 spiro atoms. The summed E-state index contributed by atoms with van der Waals surface area (Å²) in [5, 5.41) is 18.4. The standard InChI is InChI=1S/C11H16O5/c1-14-7-16-11-8(5-12)3-10(15-2)4-9(11)6-13/h3-4,12-13H,5-7H2,1-2H3. The summed E-state index contributed by atoms with van der Waals surface area (Å²) < 4.78 is 15.1. The van der Waals surface area contributed by atoms with E-state index in [1.807, 2.05) is 0 Å². The van der Waals surface area contributed by atoms with Crippen molar-refractivity contribution in [3.8, 4) is 11.5 Å². The second kappa shape index (κ2) is 6.32. The lowest BCUT2D eigenvalue weighted by atomic mass is 10.1. The molecule has 0 aromatic heterocycles. The van der Waals surface area contributed by atoms with Crippen LogP contribution < -0.4 is 9.47 Å². The van der Waals surface area contributed by atoms with Gasteiger partial charge in [0.05, 0.1) is 20.3 Å². The first-order valence-corrected chi connectivity index (χ1v) is 4.80. The molecule has 90 valence electrons. The molecule has 1 aromatic rings. The lowest BCUT2D eigenvalue weighted by molar-refractivity contribution is 0.0478. The molecule has 0 saturated carbocycles. The van der Waals surface area contributed by atoms with Gasteiger partial charge in [0.1, 0.15) is 11.5 Å². The Kier molecular flexibility index (Phi) is 5.04. The number of rotatable bonds is 6. The van der Waals surface area contributed by atoms with Gasteiger partial charge in [-0.05, 0) is 12.1 Å². The zero-order valence-corrected chi connectivity index (χ0v) is 9.40. The van der Waals surface area contributed by atoms with E-state index in [1.165, 1.54) is 14.2 Å². The minimum atomic E-state index is -0.191. The molecule has 0 fully saturated rings. The summed E-state index contributed by atoms with van der Waals surface area (Å²) in [7, 11) is 3.02. The summed E-state index contributed by atoms with van der Waals surface area (Å²) in [6.07, 6.45) is 0. The Morgan fingerprint density at radius 1 is 1.06 bits per heavy atom. The van der Waals surface area contributed by atoms with Gasteiger partial charge < -0.3 is 24.4 Å². The summed E-state index contributed by atoms with van der Waals surface area (Å²) in [5.41, 5.74) is 1.11. The maximum atomic E-state index is 9.20. The minimum Gasteiger partial charge on any atom is -0.497 e. The first-order valence-electron chi connectivity index (χ1n) is 4.80. The second-order valence-corrected chi connectivity index (χ2v) is 3.14. The number of benzene rings is 1. The Balaban J connectivity index is 3.09. The number of hydrogen-bond acceptors (Lipinski definition) is 5. The van der Waals surface area contributed by atoms with E-state index >= 15 is 0 Å². The normalized spacial score (nSPS) is 10.2. The highest BCUT2D eigenvalue weighted by Crippen LogP contribution is 2.29. The van der Waals surface area contributed by atoms with Crippen molar-refractivity contribution in [2.75, 3.05) is 21.0 Å². The third-order valence-electron chi connectivity index (χ3n) is 2.11. The van der Waals surface area contributed by atoms with Gasteiger partial charge in [-0.3, -0.25) is 0 Å². The topological polar surface area (TPSA) is 68.2 Å². The molecule has 0 radical (unpaired) electrons. The maximum absolute atomic E-state index is 9.20.